The van der Waals surface area contributed by atoms with Crippen LogP contribution in [0.4, 0.5) is 0 Å². The maximum Gasteiger partial charge on any atom is 0.201 e. The van der Waals surface area contributed by atoms with E-state index in [1.54, 1.807) is 12.1 Å². The van der Waals surface area contributed by atoms with Gasteiger partial charge in [0.15, 0.2) is 17.3 Å². The number of phenolic OH excluding ortho intramolecular Hbond substituents is 3. The minimum Gasteiger partial charge on any atom is -0.508 e. The zero-order valence-corrected chi connectivity index (χ0v) is 15.0. The van der Waals surface area contributed by atoms with Crippen LogP contribution in [0.1, 0.15) is 35.3 Å². The molecule has 0 aromatic heterocycles. The molecule has 0 saturated carbocycles. The number of phenols is 3. The molecule has 0 saturated heterocycles. The van der Waals surface area contributed by atoms with Crippen LogP contribution < -0.4 is 4.74 Å². The van der Waals surface area contributed by atoms with Gasteiger partial charge in [-0.3, -0.25) is 4.79 Å². The second kappa shape index (κ2) is 8.25. The summed E-state index contributed by atoms with van der Waals surface area (Å²) in [7, 11) is 1.36. The first-order valence-corrected chi connectivity index (χ1v) is 8.10. The van der Waals surface area contributed by atoms with E-state index in [0.717, 1.165) is 5.57 Å². The standard InChI is InChI=1S/C21H22O5/c1-13(2)4-5-15-12-16(8-10-18(15)23)17(22)9-6-14-7-11-19(24)20(25)21(14)26-3/h4,6-12,23-25H,5H2,1-3H3. The molecule has 5 heteroatoms. The Morgan fingerprint density at radius 2 is 1.77 bits per heavy atom. The fourth-order valence-electron chi connectivity index (χ4n) is 2.40. The van der Waals surface area contributed by atoms with Crippen LogP contribution >= 0.6 is 0 Å². The van der Waals surface area contributed by atoms with E-state index >= 15 is 0 Å². The van der Waals surface area contributed by atoms with E-state index in [4.69, 9.17) is 4.74 Å². The summed E-state index contributed by atoms with van der Waals surface area (Å²) in [5.41, 5.74) is 2.70. The molecule has 0 radical (unpaired) electrons. The Kier molecular flexibility index (Phi) is 6.07. The molecule has 26 heavy (non-hydrogen) atoms. The van der Waals surface area contributed by atoms with Crippen LogP contribution in [-0.4, -0.2) is 28.2 Å². The molecule has 0 atom stereocenters. The molecule has 0 bridgehead atoms. The Labute approximate surface area is 152 Å². The van der Waals surface area contributed by atoms with Crippen LogP contribution in [0.15, 0.2) is 48.1 Å². The number of carbonyl (C=O) groups excluding carboxylic acids is 1. The van der Waals surface area contributed by atoms with Gasteiger partial charge in [0.05, 0.1) is 7.11 Å². The molecule has 0 aliphatic carbocycles. The predicted octanol–water partition coefficient (Wildman–Crippen LogP) is 4.22. The number of hydrogen-bond acceptors (Lipinski definition) is 5. The fourth-order valence-corrected chi connectivity index (χ4v) is 2.40. The SMILES string of the molecule is COc1c(C=CC(=O)c2ccc(O)c(CC=C(C)C)c2)ccc(O)c1O. The normalized spacial score (nSPS) is 10.7. The van der Waals surface area contributed by atoms with Crippen molar-refractivity contribution in [3.63, 3.8) is 0 Å². The number of allylic oxidation sites excluding steroid dienone is 3. The zero-order chi connectivity index (χ0) is 19.3. The molecule has 0 aliphatic heterocycles. The third-order valence-electron chi connectivity index (χ3n) is 3.85. The highest BCUT2D eigenvalue weighted by atomic mass is 16.5. The van der Waals surface area contributed by atoms with E-state index < -0.39 is 0 Å². The van der Waals surface area contributed by atoms with Crippen molar-refractivity contribution in [2.45, 2.75) is 20.3 Å². The molecule has 0 unspecified atom stereocenters. The lowest BCUT2D eigenvalue weighted by molar-refractivity contribution is 0.104. The summed E-state index contributed by atoms with van der Waals surface area (Å²) in [5, 5.41) is 29.2. The fraction of sp³-hybridized carbons (Fsp3) is 0.190. The van der Waals surface area contributed by atoms with Crippen molar-refractivity contribution >= 4 is 11.9 Å². The predicted molar refractivity (Wildman–Crippen MR) is 101 cm³/mol. The van der Waals surface area contributed by atoms with Gasteiger partial charge in [-0.25, -0.2) is 0 Å². The summed E-state index contributed by atoms with van der Waals surface area (Å²) in [6.07, 6.45) is 5.37. The van der Waals surface area contributed by atoms with Gasteiger partial charge >= 0.3 is 0 Å². The number of hydrogen-bond donors (Lipinski definition) is 3. The van der Waals surface area contributed by atoms with Crippen LogP contribution in [0.25, 0.3) is 6.08 Å². The highest BCUT2D eigenvalue weighted by molar-refractivity contribution is 6.07. The number of rotatable bonds is 6. The van der Waals surface area contributed by atoms with Crippen molar-refractivity contribution in [1.29, 1.82) is 0 Å². The van der Waals surface area contributed by atoms with Gasteiger partial charge < -0.3 is 20.1 Å². The molecular formula is C21H22O5. The maximum absolute atomic E-state index is 12.4. The van der Waals surface area contributed by atoms with Gasteiger partial charge in [0.1, 0.15) is 5.75 Å². The number of methoxy groups -OCH3 is 1. The molecule has 3 N–H and O–H groups in total. The summed E-state index contributed by atoms with van der Waals surface area (Å²) >= 11 is 0. The van der Waals surface area contributed by atoms with Crippen LogP contribution in [-0.2, 0) is 6.42 Å². The Hall–Kier alpha value is -3.21. The number of ketones is 1. The lowest BCUT2D eigenvalue weighted by Gasteiger charge is -2.08. The molecule has 2 aromatic rings. The zero-order valence-electron chi connectivity index (χ0n) is 15.0. The first-order chi connectivity index (χ1) is 12.3. The second-order valence-electron chi connectivity index (χ2n) is 6.08. The third kappa shape index (κ3) is 4.45. The molecular weight excluding hydrogens is 332 g/mol. The molecule has 0 amide bonds. The Morgan fingerprint density at radius 3 is 2.42 bits per heavy atom. The molecule has 5 nitrogen and oxygen atoms in total. The first-order valence-electron chi connectivity index (χ1n) is 8.10. The highest BCUT2D eigenvalue weighted by Gasteiger charge is 2.12. The van der Waals surface area contributed by atoms with Crippen molar-refractivity contribution in [2.75, 3.05) is 7.11 Å². The van der Waals surface area contributed by atoms with Crippen molar-refractivity contribution in [3.8, 4) is 23.0 Å². The summed E-state index contributed by atoms with van der Waals surface area (Å²) in [6.45, 7) is 3.94. The Balaban J connectivity index is 2.28. The topological polar surface area (TPSA) is 87.0 Å². The van der Waals surface area contributed by atoms with Gasteiger partial charge in [0, 0.05) is 11.1 Å². The quantitative estimate of drug-likeness (QED) is 0.313. The minimum atomic E-state index is -0.379. The van der Waals surface area contributed by atoms with Crippen molar-refractivity contribution in [3.05, 3.63) is 64.7 Å². The monoisotopic (exact) mass is 354 g/mol. The molecule has 0 spiro atoms. The summed E-state index contributed by atoms with van der Waals surface area (Å²) < 4.78 is 5.07. The summed E-state index contributed by atoms with van der Waals surface area (Å²) in [6, 6.07) is 7.57. The number of aromatic hydroxyl groups is 3. The smallest absolute Gasteiger partial charge is 0.201 e. The van der Waals surface area contributed by atoms with E-state index in [0.29, 0.717) is 23.1 Å². The summed E-state index contributed by atoms with van der Waals surface area (Å²) in [4.78, 5) is 12.4. The van der Waals surface area contributed by atoms with Gasteiger partial charge in [-0.1, -0.05) is 11.6 Å². The van der Waals surface area contributed by atoms with Crippen LogP contribution in [0.5, 0.6) is 23.0 Å². The minimum absolute atomic E-state index is 0.0870. The maximum atomic E-state index is 12.4. The van der Waals surface area contributed by atoms with Gasteiger partial charge in [0.2, 0.25) is 5.75 Å². The number of ether oxygens (including phenoxy) is 1. The van der Waals surface area contributed by atoms with E-state index in [9.17, 15) is 20.1 Å². The lowest BCUT2D eigenvalue weighted by atomic mass is 10.0. The van der Waals surface area contributed by atoms with E-state index in [1.807, 2.05) is 19.9 Å². The first kappa shape index (κ1) is 19.1. The van der Waals surface area contributed by atoms with E-state index in [-0.39, 0.29) is 28.8 Å². The van der Waals surface area contributed by atoms with Crippen molar-refractivity contribution < 1.29 is 24.9 Å². The average molecular weight is 354 g/mol. The molecule has 0 heterocycles. The Morgan fingerprint density at radius 1 is 1.08 bits per heavy atom. The molecule has 2 rings (SSSR count). The third-order valence-corrected chi connectivity index (χ3v) is 3.85. The lowest BCUT2D eigenvalue weighted by Crippen LogP contribution is -1.96. The largest absolute Gasteiger partial charge is 0.508 e. The molecule has 0 aliphatic rings. The highest BCUT2D eigenvalue weighted by Crippen LogP contribution is 2.38. The van der Waals surface area contributed by atoms with E-state index in [2.05, 4.69) is 0 Å². The van der Waals surface area contributed by atoms with Crippen molar-refractivity contribution in [1.82, 2.24) is 0 Å². The average Bonchev–Trinajstić information content (AvgIpc) is 2.61. The summed E-state index contributed by atoms with van der Waals surface area (Å²) in [5.74, 6) is -0.696. The van der Waals surface area contributed by atoms with Crippen molar-refractivity contribution in [2.24, 2.45) is 0 Å². The van der Waals surface area contributed by atoms with E-state index in [1.165, 1.54) is 37.5 Å². The second-order valence-corrected chi connectivity index (χ2v) is 6.08. The van der Waals surface area contributed by atoms with Gasteiger partial charge in [-0.2, -0.15) is 0 Å². The number of carbonyl (C=O) groups is 1. The molecule has 136 valence electrons. The van der Waals surface area contributed by atoms with Gasteiger partial charge in [-0.15, -0.1) is 0 Å². The number of benzene rings is 2. The molecule has 0 fully saturated rings. The van der Waals surface area contributed by atoms with Crippen LogP contribution in [0, 0.1) is 0 Å². The van der Waals surface area contributed by atoms with Crippen LogP contribution in [0.2, 0.25) is 0 Å². The molecule has 2 aromatic carbocycles. The Bertz CT molecular complexity index is 874. The van der Waals surface area contributed by atoms with Gasteiger partial charge in [0.25, 0.3) is 0 Å². The van der Waals surface area contributed by atoms with Gasteiger partial charge in [-0.05, 0) is 68.3 Å². The van der Waals surface area contributed by atoms with Crippen LogP contribution in [0.3, 0.4) is 0 Å².